The van der Waals surface area contributed by atoms with E-state index >= 15 is 0 Å². The highest BCUT2D eigenvalue weighted by Crippen LogP contribution is 2.23. The zero-order chi connectivity index (χ0) is 23.6. The number of hydrogen-bond acceptors (Lipinski definition) is 4. The van der Waals surface area contributed by atoms with Crippen molar-refractivity contribution in [3.8, 4) is 11.1 Å². The second-order valence-corrected chi connectivity index (χ2v) is 9.01. The van der Waals surface area contributed by atoms with Gasteiger partial charge in [-0.1, -0.05) is 96.7 Å². The maximum atomic E-state index is 12.6. The summed E-state index contributed by atoms with van der Waals surface area (Å²) in [4.78, 5) is 36.6. The number of carboxylic acids is 1. The lowest BCUT2D eigenvalue weighted by atomic mass is 10.0. The van der Waals surface area contributed by atoms with E-state index in [4.69, 9.17) is 0 Å². The van der Waals surface area contributed by atoms with Crippen LogP contribution in [0.25, 0.3) is 11.1 Å². The van der Waals surface area contributed by atoms with Gasteiger partial charge in [-0.15, -0.1) is 0 Å². The molecule has 0 unspecified atom stereocenters. The molecule has 0 fully saturated rings. The standard InChI is InChI=1S/C27H27NO4S/c1-19(28-25(29)17-14-20-8-4-2-5-9-20)27(32)33-24(26(30)31)18-21-12-15-23(16-13-21)22-10-6-3-7-11-22/h2-13,15-16,19,24H,14,17-18H2,1H3,(H,28,29)(H,30,31)/t19-,24-/m1/s1. The van der Waals surface area contributed by atoms with Gasteiger partial charge in [0.15, 0.2) is 0 Å². The number of nitrogens with one attached hydrogen (secondary N) is 1. The van der Waals surface area contributed by atoms with Crippen LogP contribution in [0.1, 0.15) is 24.5 Å². The second-order valence-electron chi connectivity index (χ2n) is 7.81. The van der Waals surface area contributed by atoms with Crippen molar-refractivity contribution >= 4 is 28.8 Å². The van der Waals surface area contributed by atoms with Gasteiger partial charge in [0.1, 0.15) is 5.25 Å². The van der Waals surface area contributed by atoms with Crippen LogP contribution in [-0.4, -0.2) is 33.4 Å². The molecular formula is C27H27NO4S. The van der Waals surface area contributed by atoms with E-state index in [9.17, 15) is 19.5 Å². The van der Waals surface area contributed by atoms with Gasteiger partial charge in [-0.3, -0.25) is 14.4 Å². The van der Waals surface area contributed by atoms with Crippen LogP contribution < -0.4 is 5.32 Å². The minimum Gasteiger partial charge on any atom is -0.480 e. The molecule has 3 aromatic carbocycles. The Bertz CT molecular complexity index is 1070. The normalized spacial score (nSPS) is 12.5. The van der Waals surface area contributed by atoms with Gasteiger partial charge >= 0.3 is 5.97 Å². The van der Waals surface area contributed by atoms with Gasteiger partial charge in [-0.25, -0.2) is 0 Å². The molecule has 0 saturated heterocycles. The summed E-state index contributed by atoms with van der Waals surface area (Å²) in [6, 6.07) is 26.5. The maximum absolute atomic E-state index is 12.6. The highest BCUT2D eigenvalue weighted by atomic mass is 32.2. The molecule has 0 aliphatic carbocycles. The van der Waals surface area contributed by atoms with Crippen LogP contribution in [0.5, 0.6) is 0 Å². The van der Waals surface area contributed by atoms with E-state index in [1.807, 2.05) is 84.9 Å². The van der Waals surface area contributed by atoms with Crippen LogP contribution in [0, 0.1) is 0 Å². The van der Waals surface area contributed by atoms with Gasteiger partial charge in [-0.05, 0) is 42.0 Å². The molecular weight excluding hydrogens is 434 g/mol. The lowest BCUT2D eigenvalue weighted by Gasteiger charge is -2.16. The summed E-state index contributed by atoms with van der Waals surface area (Å²) in [7, 11) is 0. The highest BCUT2D eigenvalue weighted by molar-refractivity contribution is 8.14. The van der Waals surface area contributed by atoms with E-state index in [0.717, 1.165) is 34.0 Å². The van der Waals surface area contributed by atoms with E-state index < -0.39 is 17.3 Å². The molecule has 6 heteroatoms. The molecule has 0 aliphatic rings. The van der Waals surface area contributed by atoms with Crippen LogP contribution in [0.2, 0.25) is 0 Å². The number of carbonyl (C=O) groups excluding carboxylic acids is 2. The Morgan fingerprint density at radius 3 is 2.00 bits per heavy atom. The smallest absolute Gasteiger partial charge is 0.317 e. The lowest BCUT2D eigenvalue weighted by molar-refractivity contribution is -0.136. The summed E-state index contributed by atoms with van der Waals surface area (Å²) in [5.74, 6) is -1.29. The molecule has 0 bridgehead atoms. The fourth-order valence-corrected chi connectivity index (χ4v) is 4.29. The van der Waals surface area contributed by atoms with Crippen molar-refractivity contribution in [1.29, 1.82) is 0 Å². The number of benzene rings is 3. The van der Waals surface area contributed by atoms with Crippen LogP contribution in [0.4, 0.5) is 0 Å². The molecule has 0 heterocycles. The average molecular weight is 462 g/mol. The zero-order valence-corrected chi connectivity index (χ0v) is 19.3. The summed E-state index contributed by atoms with van der Waals surface area (Å²) in [6.45, 7) is 1.59. The Kier molecular flexibility index (Phi) is 8.84. The summed E-state index contributed by atoms with van der Waals surface area (Å²) in [5.41, 5.74) is 4.01. The molecule has 0 spiro atoms. The van der Waals surface area contributed by atoms with Crippen LogP contribution in [0.15, 0.2) is 84.9 Å². The fraction of sp³-hybridized carbons (Fsp3) is 0.222. The number of carboxylic acid groups (broad SMARTS) is 1. The Labute approximate surface area is 198 Å². The van der Waals surface area contributed by atoms with E-state index in [2.05, 4.69) is 5.32 Å². The molecule has 0 aromatic heterocycles. The first-order chi connectivity index (χ1) is 15.9. The second kappa shape index (κ2) is 12.0. The number of hydrogen-bond donors (Lipinski definition) is 2. The van der Waals surface area contributed by atoms with Crippen molar-refractivity contribution in [2.24, 2.45) is 0 Å². The van der Waals surface area contributed by atoms with Gasteiger partial charge in [-0.2, -0.15) is 0 Å². The highest BCUT2D eigenvalue weighted by Gasteiger charge is 2.26. The van der Waals surface area contributed by atoms with Crippen molar-refractivity contribution in [2.75, 3.05) is 0 Å². The first-order valence-corrected chi connectivity index (χ1v) is 11.7. The largest absolute Gasteiger partial charge is 0.480 e. The Balaban J connectivity index is 1.52. The molecule has 2 N–H and O–H groups in total. The van der Waals surface area contributed by atoms with Crippen LogP contribution >= 0.6 is 11.8 Å². The summed E-state index contributed by atoms with van der Waals surface area (Å²) in [5, 5.41) is 11.0. The Morgan fingerprint density at radius 2 is 1.39 bits per heavy atom. The number of aryl methyl sites for hydroxylation is 1. The molecule has 2 atom stereocenters. The fourth-order valence-electron chi connectivity index (χ4n) is 3.37. The molecule has 0 aliphatic heterocycles. The van der Waals surface area contributed by atoms with Crippen molar-refractivity contribution < 1.29 is 19.5 Å². The predicted octanol–water partition coefficient (Wildman–Crippen LogP) is 4.75. The molecule has 3 aromatic rings. The monoisotopic (exact) mass is 461 g/mol. The topological polar surface area (TPSA) is 83.5 Å². The first kappa shape index (κ1) is 24.3. The first-order valence-electron chi connectivity index (χ1n) is 10.8. The molecule has 1 amide bonds. The summed E-state index contributed by atoms with van der Waals surface area (Å²) < 4.78 is 0. The summed E-state index contributed by atoms with van der Waals surface area (Å²) >= 11 is 0.760. The molecule has 5 nitrogen and oxygen atoms in total. The minimum absolute atomic E-state index is 0.218. The quantitative estimate of drug-likeness (QED) is 0.455. The van der Waals surface area contributed by atoms with Gasteiger partial charge in [0.25, 0.3) is 0 Å². The minimum atomic E-state index is -1.05. The van der Waals surface area contributed by atoms with Crippen molar-refractivity contribution in [3.05, 3.63) is 96.1 Å². The van der Waals surface area contributed by atoms with Crippen molar-refractivity contribution in [3.63, 3.8) is 0 Å². The third-order valence-corrected chi connectivity index (χ3v) is 6.47. The lowest BCUT2D eigenvalue weighted by Crippen LogP contribution is -2.38. The molecule has 0 radical (unpaired) electrons. The van der Waals surface area contributed by atoms with Crippen LogP contribution in [-0.2, 0) is 27.2 Å². The molecule has 170 valence electrons. The van der Waals surface area contributed by atoms with Gasteiger partial charge < -0.3 is 10.4 Å². The van der Waals surface area contributed by atoms with E-state index in [1.54, 1.807) is 6.92 Å². The number of rotatable bonds is 10. The van der Waals surface area contributed by atoms with E-state index in [0.29, 0.717) is 6.42 Å². The van der Waals surface area contributed by atoms with Crippen molar-refractivity contribution in [2.45, 2.75) is 37.5 Å². The summed E-state index contributed by atoms with van der Waals surface area (Å²) in [6.07, 6.45) is 1.06. The van der Waals surface area contributed by atoms with E-state index in [1.165, 1.54) is 0 Å². The predicted molar refractivity (Wildman–Crippen MR) is 132 cm³/mol. The molecule has 3 rings (SSSR count). The molecule has 33 heavy (non-hydrogen) atoms. The number of aliphatic carboxylic acids is 1. The van der Waals surface area contributed by atoms with Gasteiger partial charge in [0.05, 0.1) is 6.04 Å². The average Bonchev–Trinajstić information content (AvgIpc) is 2.84. The maximum Gasteiger partial charge on any atom is 0.317 e. The third-order valence-electron chi connectivity index (χ3n) is 5.23. The number of thioether (sulfide) groups is 1. The van der Waals surface area contributed by atoms with Gasteiger partial charge in [0, 0.05) is 6.42 Å². The Hall–Kier alpha value is -3.38. The van der Waals surface area contributed by atoms with Gasteiger partial charge in [0.2, 0.25) is 11.0 Å². The zero-order valence-electron chi connectivity index (χ0n) is 18.4. The number of carbonyl (C=O) groups is 3. The third kappa shape index (κ3) is 7.61. The van der Waals surface area contributed by atoms with E-state index in [-0.39, 0.29) is 23.9 Å². The van der Waals surface area contributed by atoms with Crippen LogP contribution in [0.3, 0.4) is 0 Å². The Morgan fingerprint density at radius 1 is 0.818 bits per heavy atom. The number of amides is 1. The molecule has 0 saturated carbocycles. The SMILES string of the molecule is C[C@@H](NC(=O)CCc1ccccc1)C(=O)S[C@H](Cc1ccc(-c2ccccc2)cc1)C(=O)O. The van der Waals surface area contributed by atoms with Crippen molar-refractivity contribution in [1.82, 2.24) is 5.32 Å².